The van der Waals surface area contributed by atoms with E-state index in [9.17, 15) is 8.42 Å². The van der Waals surface area contributed by atoms with Crippen molar-refractivity contribution in [3.05, 3.63) is 48.3 Å². The molecule has 1 fully saturated rings. The second-order valence-corrected chi connectivity index (χ2v) is 8.00. The number of nitrogens with zero attached hydrogens (tertiary/aromatic N) is 2. The number of sulfonamides is 1. The third-order valence-electron chi connectivity index (χ3n) is 4.65. The van der Waals surface area contributed by atoms with Crippen molar-refractivity contribution in [2.75, 3.05) is 40.0 Å². The van der Waals surface area contributed by atoms with Crippen LogP contribution in [0.25, 0.3) is 0 Å². The van der Waals surface area contributed by atoms with Crippen LogP contribution < -0.4 is 9.46 Å². The normalized spacial score (nSPS) is 17.2. The van der Waals surface area contributed by atoms with E-state index in [2.05, 4.69) is 9.62 Å². The molecule has 0 unspecified atom stereocenters. The highest BCUT2D eigenvalue weighted by Crippen LogP contribution is 2.22. The molecule has 3 rings (SSSR count). The highest BCUT2D eigenvalue weighted by Gasteiger charge is 2.26. The van der Waals surface area contributed by atoms with Gasteiger partial charge in [-0.1, -0.05) is 0 Å². The lowest BCUT2D eigenvalue weighted by atomic mass is 10.1. The SMILES string of the molecule is COc1ccc(S(=O)(=O)NC[C@H](c2cccn2C)N2CCOCC2)cc1. The number of morpholine rings is 1. The zero-order valence-electron chi connectivity index (χ0n) is 15.1. The third-order valence-corrected chi connectivity index (χ3v) is 6.09. The number of ether oxygens (including phenoxy) is 2. The van der Waals surface area contributed by atoms with Crippen LogP contribution in [-0.4, -0.2) is 57.8 Å². The van der Waals surface area contributed by atoms with Gasteiger partial charge in [0.2, 0.25) is 10.0 Å². The average molecular weight is 379 g/mol. The molecular weight excluding hydrogens is 354 g/mol. The summed E-state index contributed by atoms with van der Waals surface area (Å²) in [4.78, 5) is 2.49. The number of nitrogens with one attached hydrogen (secondary N) is 1. The van der Waals surface area contributed by atoms with Gasteiger partial charge in [-0.05, 0) is 36.4 Å². The summed E-state index contributed by atoms with van der Waals surface area (Å²) in [5.41, 5.74) is 1.07. The fourth-order valence-electron chi connectivity index (χ4n) is 3.16. The fourth-order valence-corrected chi connectivity index (χ4v) is 4.20. The molecule has 1 aliphatic heterocycles. The molecule has 1 saturated heterocycles. The first kappa shape index (κ1) is 18.9. The van der Waals surface area contributed by atoms with Gasteiger partial charge in [0.25, 0.3) is 0 Å². The second kappa shape index (κ2) is 8.22. The summed E-state index contributed by atoms with van der Waals surface area (Å²) in [6, 6.07) is 10.3. The zero-order chi connectivity index (χ0) is 18.6. The van der Waals surface area contributed by atoms with Crippen molar-refractivity contribution >= 4 is 10.0 Å². The Morgan fingerprint density at radius 2 is 1.88 bits per heavy atom. The van der Waals surface area contributed by atoms with E-state index in [-0.39, 0.29) is 10.9 Å². The molecule has 0 bridgehead atoms. The molecule has 8 heteroatoms. The smallest absolute Gasteiger partial charge is 0.240 e. The minimum Gasteiger partial charge on any atom is -0.497 e. The summed E-state index contributed by atoms with van der Waals surface area (Å²) in [5.74, 6) is 0.624. The quantitative estimate of drug-likeness (QED) is 0.787. The molecule has 1 aliphatic rings. The van der Waals surface area contributed by atoms with Gasteiger partial charge in [-0.25, -0.2) is 13.1 Å². The molecule has 2 aromatic rings. The Morgan fingerprint density at radius 3 is 2.46 bits per heavy atom. The number of hydrogen-bond acceptors (Lipinski definition) is 5. The first-order chi connectivity index (χ1) is 12.5. The van der Waals surface area contributed by atoms with E-state index < -0.39 is 10.0 Å². The van der Waals surface area contributed by atoms with Gasteiger partial charge in [0.1, 0.15) is 5.75 Å². The van der Waals surface area contributed by atoms with E-state index in [1.807, 2.05) is 29.9 Å². The van der Waals surface area contributed by atoms with E-state index >= 15 is 0 Å². The highest BCUT2D eigenvalue weighted by atomic mass is 32.2. The van der Waals surface area contributed by atoms with Crippen molar-refractivity contribution in [1.82, 2.24) is 14.2 Å². The maximum atomic E-state index is 12.7. The van der Waals surface area contributed by atoms with E-state index in [0.717, 1.165) is 18.8 Å². The first-order valence-corrected chi connectivity index (χ1v) is 10.1. The van der Waals surface area contributed by atoms with Crippen molar-refractivity contribution < 1.29 is 17.9 Å². The van der Waals surface area contributed by atoms with Crippen LogP contribution in [0.1, 0.15) is 11.7 Å². The summed E-state index contributed by atoms with van der Waals surface area (Å²) in [6.45, 7) is 3.17. The summed E-state index contributed by atoms with van der Waals surface area (Å²) in [5, 5.41) is 0. The topological polar surface area (TPSA) is 72.8 Å². The maximum Gasteiger partial charge on any atom is 0.240 e. The van der Waals surface area contributed by atoms with Crippen molar-refractivity contribution in [1.29, 1.82) is 0 Å². The van der Waals surface area contributed by atoms with Crippen LogP contribution in [-0.2, 0) is 21.8 Å². The van der Waals surface area contributed by atoms with E-state index in [4.69, 9.17) is 9.47 Å². The Labute approximate surface area is 154 Å². The Balaban J connectivity index is 1.77. The van der Waals surface area contributed by atoms with Gasteiger partial charge in [0.05, 0.1) is 31.3 Å². The lowest BCUT2D eigenvalue weighted by Gasteiger charge is -2.34. The molecule has 7 nitrogen and oxygen atoms in total. The molecule has 142 valence electrons. The predicted octanol–water partition coefficient (Wildman–Crippen LogP) is 1.39. The molecule has 1 aromatic heterocycles. The molecule has 0 radical (unpaired) electrons. The Hall–Kier alpha value is -1.87. The maximum absolute atomic E-state index is 12.7. The summed E-state index contributed by atoms with van der Waals surface area (Å²) >= 11 is 0. The molecule has 2 heterocycles. The number of rotatable bonds is 7. The largest absolute Gasteiger partial charge is 0.497 e. The van der Waals surface area contributed by atoms with Gasteiger partial charge in [-0.2, -0.15) is 0 Å². The number of aryl methyl sites for hydroxylation is 1. The Morgan fingerprint density at radius 1 is 1.19 bits per heavy atom. The Bertz CT molecular complexity index is 811. The summed E-state index contributed by atoms with van der Waals surface area (Å²) in [6.07, 6.45) is 1.97. The number of benzene rings is 1. The fraction of sp³-hybridized carbons (Fsp3) is 0.444. The average Bonchev–Trinajstić information content (AvgIpc) is 3.08. The minimum absolute atomic E-state index is 0.0491. The van der Waals surface area contributed by atoms with E-state index in [1.54, 1.807) is 31.4 Å². The number of hydrogen-bond donors (Lipinski definition) is 1. The van der Waals surface area contributed by atoms with Crippen LogP contribution >= 0.6 is 0 Å². The van der Waals surface area contributed by atoms with Crippen LogP contribution in [0.3, 0.4) is 0 Å². The highest BCUT2D eigenvalue weighted by molar-refractivity contribution is 7.89. The molecule has 0 amide bonds. The van der Waals surface area contributed by atoms with Crippen LogP contribution in [0, 0.1) is 0 Å². The lowest BCUT2D eigenvalue weighted by Crippen LogP contribution is -2.44. The van der Waals surface area contributed by atoms with Gasteiger partial charge in [-0.3, -0.25) is 4.90 Å². The lowest BCUT2D eigenvalue weighted by molar-refractivity contribution is 0.0158. The molecular formula is C18H25N3O4S. The van der Waals surface area contributed by atoms with Crippen molar-refractivity contribution in [2.24, 2.45) is 7.05 Å². The predicted molar refractivity (Wildman–Crippen MR) is 98.7 cm³/mol. The molecule has 1 N–H and O–H groups in total. The minimum atomic E-state index is -3.60. The van der Waals surface area contributed by atoms with Crippen LogP contribution in [0.15, 0.2) is 47.5 Å². The van der Waals surface area contributed by atoms with Crippen LogP contribution in [0.4, 0.5) is 0 Å². The van der Waals surface area contributed by atoms with Gasteiger partial charge in [0, 0.05) is 38.6 Å². The van der Waals surface area contributed by atoms with Crippen molar-refractivity contribution in [2.45, 2.75) is 10.9 Å². The molecule has 26 heavy (non-hydrogen) atoms. The standard InChI is InChI=1S/C18H25N3O4S/c1-20-9-3-4-17(20)18(21-10-12-25-13-11-21)14-19-26(22,23)16-7-5-15(24-2)6-8-16/h3-9,18-19H,10-14H2,1-2H3/t18-/m1/s1. The van der Waals surface area contributed by atoms with E-state index in [0.29, 0.717) is 25.5 Å². The van der Waals surface area contributed by atoms with Crippen molar-refractivity contribution in [3.63, 3.8) is 0 Å². The Kier molecular flexibility index (Phi) is 5.98. The second-order valence-electron chi connectivity index (χ2n) is 6.24. The summed E-state index contributed by atoms with van der Waals surface area (Å²) in [7, 11) is -0.0725. The number of methoxy groups -OCH3 is 1. The van der Waals surface area contributed by atoms with Gasteiger partial charge in [0.15, 0.2) is 0 Å². The van der Waals surface area contributed by atoms with Crippen LogP contribution in [0.5, 0.6) is 5.75 Å². The van der Waals surface area contributed by atoms with Crippen molar-refractivity contribution in [3.8, 4) is 5.75 Å². The molecule has 0 aliphatic carbocycles. The first-order valence-electron chi connectivity index (χ1n) is 8.58. The van der Waals surface area contributed by atoms with Gasteiger partial charge in [-0.15, -0.1) is 0 Å². The van der Waals surface area contributed by atoms with E-state index in [1.165, 1.54) is 0 Å². The van der Waals surface area contributed by atoms with Gasteiger partial charge < -0.3 is 14.0 Å². The van der Waals surface area contributed by atoms with Crippen LogP contribution in [0.2, 0.25) is 0 Å². The third kappa shape index (κ3) is 4.27. The van der Waals surface area contributed by atoms with Gasteiger partial charge >= 0.3 is 0 Å². The molecule has 1 atom stereocenters. The molecule has 1 aromatic carbocycles. The summed E-state index contributed by atoms with van der Waals surface area (Å²) < 4.78 is 40.7. The zero-order valence-corrected chi connectivity index (χ0v) is 15.9. The number of aromatic nitrogens is 1. The molecule has 0 spiro atoms. The molecule has 0 saturated carbocycles. The monoisotopic (exact) mass is 379 g/mol.